The molecule has 2 nitrogen and oxygen atoms in total. The van der Waals surface area contributed by atoms with E-state index >= 15 is 0 Å². The van der Waals surface area contributed by atoms with Crippen LogP contribution in [0.5, 0.6) is 0 Å². The van der Waals surface area contributed by atoms with E-state index in [-0.39, 0.29) is 11.8 Å². The van der Waals surface area contributed by atoms with Crippen LogP contribution >= 0.6 is 22.1 Å². The van der Waals surface area contributed by atoms with Crippen LogP contribution in [0.15, 0.2) is 102 Å². The average molecular weight is 470 g/mol. The highest BCUT2D eigenvalue weighted by Crippen LogP contribution is 2.43. The second-order valence-electron chi connectivity index (χ2n) is 6.48. The molecule has 0 bridgehead atoms. The molecule has 3 aromatic carbocycles. The summed E-state index contributed by atoms with van der Waals surface area (Å²) in [6.45, 7) is 5.62. The van der Waals surface area contributed by atoms with Crippen molar-refractivity contribution < 1.29 is 4.79 Å². The van der Waals surface area contributed by atoms with Crippen LogP contribution in [-0.4, -0.2) is 5.78 Å². The summed E-state index contributed by atoms with van der Waals surface area (Å²) in [4.78, 5) is 12.2. The molecule has 1 N–H and O–H groups in total. The summed E-state index contributed by atoms with van der Waals surface area (Å²) >= 11 is 9.75. The lowest BCUT2D eigenvalue weighted by atomic mass is 9.98. The number of benzene rings is 3. The van der Waals surface area contributed by atoms with Gasteiger partial charge < -0.3 is 0 Å². The van der Waals surface area contributed by atoms with Crippen molar-refractivity contribution in [2.24, 2.45) is 0 Å². The number of hydrogen-bond acceptors (Lipinski definition) is 2. The Balaban J connectivity index is 2.13. The average Bonchev–Trinajstić information content (AvgIpc) is 2.73. The number of Topliss-reactive ketones (excluding diaryl/α,β-unsaturated/α-hetero) is 1. The van der Waals surface area contributed by atoms with Crippen LogP contribution in [0.1, 0.15) is 18.5 Å². The van der Waals surface area contributed by atoms with Crippen molar-refractivity contribution in [1.29, 1.82) is 0 Å². The molecule has 0 heterocycles. The van der Waals surface area contributed by atoms with Crippen LogP contribution in [0.25, 0.3) is 0 Å². The molecule has 3 aromatic rings. The summed E-state index contributed by atoms with van der Waals surface area (Å²) in [5.41, 5.74) is 1.47. The van der Waals surface area contributed by atoms with Gasteiger partial charge in [-0.05, 0) is 24.6 Å². The van der Waals surface area contributed by atoms with Crippen molar-refractivity contribution in [2.75, 3.05) is 0 Å². The fourth-order valence-electron chi connectivity index (χ4n) is 2.97. The third-order valence-electron chi connectivity index (χ3n) is 4.55. The second-order valence-corrected chi connectivity index (χ2v) is 11.5. The summed E-state index contributed by atoms with van der Waals surface area (Å²) < 4.78 is 0.981. The largest absolute Gasteiger partial charge is 0.295 e. The Labute approximate surface area is 179 Å². The van der Waals surface area contributed by atoms with Gasteiger partial charge in [-0.1, -0.05) is 107 Å². The van der Waals surface area contributed by atoms with Crippen molar-refractivity contribution in [3.05, 3.63) is 107 Å². The first-order valence-electron chi connectivity index (χ1n) is 8.86. The van der Waals surface area contributed by atoms with Gasteiger partial charge in [-0.15, -0.1) is 0 Å². The highest BCUT2D eigenvalue weighted by Gasteiger charge is 2.29. The van der Waals surface area contributed by atoms with Gasteiger partial charge in [0.25, 0.3) is 0 Å². The summed E-state index contributed by atoms with van der Waals surface area (Å²) in [5.74, 6) is -0.0527. The van der Waals surface area contributed by atoms with E-state index in [1.165, 1.54) is 0 Å². The van der Waals surface area contributed by atoms with Crippen LogP contribution in [0.3, 0.4) is 0 Å². The van der Waals surface area contributed by atoms with Gasteiger partial charge in [0.2, 0.25) is 0 Å². The minimum atomic E-state index is -2.39. The van der Waals surface area contributed by atoms with E-state index < -0.39 is 6.19 Å². The number of rotatable bonds is 7. The van der Waals surface area contributed by atoms with Gasteiger partial charge in [-0.2, -0.15) is 0 Å². The van der Waals surface area contributed by atoms with Crippen molar-refractivity contribution in [3.63, 3.8) is 0 Å². The molecule has 1 unspecified atom stereocenters. The summed E-state index contributed by atoms with van der Waals surface area (Å²) in [6.07, 6.45) is -2.39. The standard InChI is InChI=1S/C23H21BrNOPS/c1-17(18(2)26)23(19-13-15-20(24)16-14-19)25-27(28,21-9-5-3-6-10-21)22-11-7-4-8-12-22/h3-16,23H,1H2,2H3,(H,25,28). The van der Waals surface area contributed by atoms with E-state index in [4.69, 9.17) is 11.8 Å². The number of ketones is 1. The lowest BCUT2D eigenvalue weighted by Crippen LogP contribution is -2.32. The molecule has 0 aromatic heterocycles. The third kappa shape index (κ3) is 4.59. The molecule has 0 aliphatic rings. The third-order valence-corrected chi connectivity index (χ3v) is 9.34. The highest BCUT2D eigenvalue weighted by molar-refractivity contribution is 9.10. The molecule has 3 rings (SSSR count). The van der Waals surface area contributed by atoms with Crippen LogP contribution in [0.2, 0.25) is 0 Å². The normalized spacial score (nSPS) is 12.4. The zero-order chi connectivity index (χ0) is 20.1. The van der Waals surface area contributed by atoms with E-state index in [9.17, 15) is 4.79 Å². The minimum Gasteiger partial charge on any atom is -0.295 e. The zero-order valence-corrected chi connectivity index (χ0v) is 18.8. The molecule has 0 aliphatic heterocycles. The SMILES string of the molecule is C=C(C(C)=O)C(NP(=S)(c1ccccc1)c1ccccc1)c1ccc(Br)cc1. The molecule has 0 aliphatic carbocycles. The highest BCUT2D eigenvalue weighted by atomic mass is 79.9. The molecule has 1 atom stereocenters. The first-order chi connectivity index (χ1) is 13.4. The number of carbonyl (C=O) groups excluding carboxylic acids is 1. The minimum absolute atomic E-state index is 0.0527. The number of halogens is 1. The van der Waals surface area contributed by atoms with Crippen LogP contribution in [0.4, 0.5) is 0 Å². The van der Waals surface area contributed by atoms with Gasteiger partial charge in [0, 0.05) is 20.7 Å². The molecule has 0 spiro atoms. The predicted octanol–water partition coefficient (Wildman–Crippen LogP) is 5.27. The summed E-state index contributed by atoms with van der Waals surface area (Å²) in [6, 6.07) is 27.7. The van der Waals surface area contributed by atoms with E-state index in [1.54, 1.807) is 6.92 Å². The smallest absolute Gasteiger partial charge is 0.157 e. The maximum Gasteiger partial charge on any atom is 0.157 e. The molecular formula is C23H21BrNOPS. The maximum atomic E-state index is 12.2. The summed E-state index contributed by atoms with van der Waals surface area (Å²) in [7, 11) is 0. The van der Waals surface area contributed by atoms with Gasteiger partial charge >= 0.3 is 0 Å². The lowest BCUT2D eigenvalue weighted by Gasteiger charge is -2.31. The fourth-order valence-corrected chi connectivity index (χ4v) is 6.73. The molecule has 5 heteroatoms. The molecule has 0 fully saturated rings. The van der Waals surface area contributed by atoms with Gasteiger partial charge in [-0.25, -0.2) is 0 Å². The van der Waals surface area contributed by atoms with Gasteiger partial charge in [-0.3, -0.25) is 9.88 Å². The Morgan fingerprint density at radius 2 is 1.39 bits per heavy atom. The van der Waals surface area contributed by atoms with Crippen molar-refractivity contribution in [2.45, 2.75) is 13.0 Å². The molecule has 142 valence electrons. The number of hydrogen-bond donors (Lipinski definition) is 1. The summed E-state index contributed by atoms with van der Waals surface area (Å²) in [5, 5.41) is 5.77. The topological polar surface area (TPSA) is 29.1 Å². The predicted molar refractivity (Wildman–Crippen MR) is 126 cm³/mol. The van der Waals surface area contributed by atoms with E-state index in [2.05, 4.69) is 51.9 Å². The van der Waals surface area contributed by atoms with Crippen molar-refractivity contribution in [3.8, 4) is 0 Å². The Morgan fingerprint density at radius 1 is 0.929 bits per heavy atom. The quantitative estimate of drug-likeness (QED) is 0.377. The lowest BCUT2D eigenvalue weighted by molar-refractivity contribution is -0.113. The monoisotopic (exact) mass is 469 g/mol. The maximum absolute atomic E-state index is 12.2. The molecule has 0 amide bonds. The number of nitrogens with one attached hydrogen (secondary N) is 1. The molecule has 0 saturated carbocycles. The molecular weight excluding hydrogens is 449 g/mol. The van der Waals surface area contributed by atoms with Gasteiger partial charge in [0.05, 0.1) is 12.2 Å². The van der Waals surface area contributed by atoms with Crippen molar-refractivity contribution >= 4 is 50.3 Å². The van der Waals surface area contributed by atoms with E-state index in [1.807, 2.05) is 60.7 Å². The molecule has 0 saturated heterocycles. The Morgan fingerprint density at radius 3 is 1.82 bits per heavy atom. The van der Waals surface area contributed by atoms with Crippen molar-refractivity contribution in [1.82, 2.24) is 5.09 Å². The molecule has 28 heavy (non-hydrogen) atoms. The Hall–Kier alpha value is -1.84. The van der Waals surface area contributed by atoms with Crippen LogP contribution < -0.4 is 15.7 Å². The van der Waals surface area contributed by atoms with Crippen LogP contribution in [-0.2, 0) is 16.6 Å². The van der Waals surface area contributed by atoms with E-state index in [0.29, 0.717) is 5.57 Å². The second kappa shape index (κ2) is 9.11. The molecule has 0 radical (unpaired) electrons. The Kier molecular flexibility index (Phi) is 6.79. The Bertz CT molecular complexity index is 976. The first-order valence-corrected chi connectivity index (χ1v) is 12.5. The first kappa shape index (κ1) is 20.9. The van der Waals surface area contributed by atoms with E-state index in [0.717, 1.165) is 20.6 Å². The number of carbonyl (C=O) groups is 1. The van der Waals surface area contributed by atoms with Gasteiger partial charge in [0.1, 0.15) is 0 Å². The zero-order valence-electron chi connectivity index (χ0n) is 15.5. The van der Waals surface area contributed by atoms with Crippen LogP contribution in [0, 0.1) is 0 Å². The fraction of sp³-hybridized carbons (Fsp3) is 0.0870. The van der Waals surface area contributed by atoms with Gasteiger partial charge in [0.15, 0.2) is 5.78 Å².